The monoisotopic (exact) mass is 322 g/mol. The Labute approximate surface area is 141 Å². The van der Waals surface area contributed by atoms with Crippen molar-refractivity contribution in [3.8, 4) is 0 Å². The Balaban J connectivity index is 3.40. The van der Waals surface area contributed by atoms with E-state index >= 15 is 0 Å². The molecule has 0 atom stereocenters. The minimum absolute atomic E-state index is 0.240. The van der Waals surface area contributed by atoms with Gasteiger partial charge < -0.3 is 0 Å². The van der Waals surface area contributed by atoms with Gasteiger partial charge in [0, 0.05) is 6.42 Å². The first-order valence-electron chi connectivity index (χ1n) is 8.55. The number of carbonyl (C=O) groups excluding carboxylic acids is 1. The normalized spacial score (nSPS) is 12.5. The molecule has 0 N–H and O–H groups in total. The van der Waals surface area contributed by atoms with Crippen LogP contribution >= 0.6 is 11.6 Å². The molecule has 0 unspecified atom stereocenters. The minimum Gasteiger partial charge on any atom is -0.281 e. The Morgan fingerprint density at radius 3 is 1.64 bits per heavy atom. The van der Waals surface area contributed by atoms with Gasteiger partial charge in [0.15, 0.2) is 0 Å². The molecule has 0 aliphatic rings. The van der Waals surface area contributed by atoms with Crippen molar-refractivity contribution in [2.75, 3.05) is 0 Å². The van der Waals surface area contributed by atoms with Crippen LogP contribution in [0.15, 0.2) is 48.6 Å². The molecule has 0 aromatic heterocycles. The molecule has 0 amide bonds. The second kappa shape index (κ2) is 18.0. The van der Waals surface area contributed by atoms with Crippen molar-refractivity contribution < 1.29 is 4.79 Å². The molecule has 2 heteroatoms. The molecule has 0 aliphatic heterocycles. The highest BCUT2D eigenvalue weighted by atomic mass is 35.5. The highest BCUT2D eigenvalue weighted by molar-refractivity contribution is 6.63. The first-order chi connectivity index (χ1) is 10.8. The van der Waals surface area contributed by atoms with Crippen LogP contribution < -0.4 is 0 Å². The van der Waals surface area contributed by atoms with Gasteiger partial charge in [0.25, 0.3) is 0 Å². The molecule has 0 aromatic carbocycles. The lowest BCUT2D eigenvalue weighted by atomic mass is 10.2. The molecule has 0 radical (unpaired) electrons. The van der Waals surface area contributed by atoms with Crippen LogP contribution in [0.5, 0.6) is 0 Å². The quantitative estimate of drug-likeness (QED) is 0.193. The molecule has 22 heavy (non-hydrogen) atoms. The third kappa shape index (κ3) is 18.9. The number of hydrogen-bond donors (Lipinski definition) is 0. The van der Waals surface area contributed by atoms with E-state index < -0.39 is 0 Å². The van der Waals surface area contributed by atoms with E-state index in [0.29, 0.717) is 6.42 Å². The second-order valence-electron chi connectivity index (χ2n) is 5.34. The zero-order valence-electron chi connectivity index (χ0n) is 14.0. The largest absolute Gasteiger partial charge is 0.281 e. The van der Waals surface area contributed by atoms with Crippen molar-refractivity contribution in [2.24, 2.45) is 0 Å². The van der Waals surface area contributed by atoms with Crippen LogP contribution in [0.25, 0.3) is 0 Å². The van der Waals surface area contributed by atoms with Gasteiger partial charge in [-0.05, 0) is 56.5 Å². The van der Waals surface area contributed by atoms with Gasteiger partial charge >= 0.3 is 0 Å². The van der Waals surface area contributed by atoms with E-state index in [9.17, 15) is 4.79 Å². The Bertz CT molecular complexity index is 364. The molecule has 1 nitrogen and oxygen atoms in total. The fourth-order valence-electron chi connectivity index (χ4n) is 1.92. The highest BCUT2D eigenvalue weighted by Crippen LogP contribution is 2.02. The second-order valence-corrected chi connectivity index (χ2v) is 5.76. The topological polar surface area (TPSA) is 17.1 Å². The lowest BCUT2D eigenvalue weighted by Crippen LogP contribution is -1.83. The lowest BCUT2D eigenvalue weighted by Gasteiger charge is -1.90. The summed E-state index contributed by atoms with van der Waals surface area (Å²) in [6, 6.07) is 0. The van der Waals surface area contributed by atoms with Gasteiger partial charge in [-0.1, -0.05) is 68.4 Å². The van der Waals surface area contributed by atoms with E-state index in [2.05, 4.69) is 55.5 Å². The molecule has 0 heterocycles. The lowest BCUT2D eigenvalue weighted by molar-refractivity contribution is -0.111. The van der Waals surface area contributed by atoms with Crippen LogP contribution in [0.3, 0.4) is 0 Å². The zero-order valence-corrected chi connectivity index (χ0v) is 14.7. The fourth-order valence-corrected chi connectivity index (χ4v) is 2.05. The summed E-state index contributed by atoms with van der Waals surface area (Å²) in [5.41, 5.74) is 0. The molecular formula is C20H31ClO. The average molecular weight is 323 g/mol. The summed E-state index contributed by atoms with van der Waals surface area (Å²) >= 11 is 5.26. The van der Waals surface area contributed by atoms with Crippen molar-refractivity contribution in [1.29, 1.82) is 0 Å². The van der Waals surface area contributed by atoms with Crippen molar-refractivity contribution in [3.63, 3.8) is 0 Å². The number of hydrogen-bond acceptors (Lipinski definition) is 1. The molecule has 0 bridgehead atoms. The summed E-state index contributed by atoms with van der Waals surface area (Å²) in [5.74, 6) is 0. The van der Waals surface area contributed by atoms with E-state index in [4.69, 9.17) is 11.6 Å². The molecule has 0 rings (SSSR count). The number of halogens is 1. The number of allylic oxidation sites excluding steroid dienone is 8. The number of unbranched alkanes of at least 4 members (excludes halogenated alkanes) is 4. The van der Waals surface area contributed by atoms with E-state index in [1.165, 1.54) is 25.7 Å². The fraction of sp³-hybridized carbons (Fsp3) is 0.550. The molecule has 0 aromatic rings. The Hall–Kier alpha value is -1.08. The average Bonchev–Trinajstić information content (AvgIpc) is 2.50. The van der Waals surface area contributed by atoms with Crippen LogP contribution in [-0.2, 0) is 4.79 Å². The Morgan fingerprint density at radius 2 is 1.18 bits per heavy atom. The van der Waals surface area contributed by atoms with E-state index in [1.54, 1.807) is 0 Å². The van der Waals surface area contributed by atoms with E-state index in [-0.39, 0.29) is 5.24 Å². The molecule has 0 spiro atoms. The van der Waals surface area contributed by atoms with Crippen LogP contribution in [0.1, 0.15) is 71.1 Å². The predicted octanol–water partition coefficient (Wildman–Crippen LogP) is 6.90. The number of rotatable bonds is 14. The van der Waals surface area contributed by atoms with Crippen molar-refractivity contribution in [1.82, 2.24) is 0 Å². The van der Waals surface area contributed by atoms with Crippen molar-refractivity contribution in [2.45, 2.75) is 71.1 Å². The molecule has 0 saturated carbocycles. The van der Waals surface area contributed by atoms with Gasteiger partial charge in [0.1, 0.15) is 0 Å². The SMILES string of the molecule is CCCCC/C=C/C/C=C/C/C=C\C/C=C\CCCC(=O)Cl. The van der Waals surface area contributed by atoms with Crippen LogP contribution in [0.4, 0.5) is 0 Å². The van der Waals surface area contributed by atoms with Crippen LogP contribution in [-0.4, -0.2) is 5.24 Å². The maximum Gasteiger partial charge on any atom is 0.221 e. The molecule has 0 saturated heterocycles. The van der Waals surface area contributed by atoms with Gasteiger partial charge in [0.05, 0.1) is 0 Å². The maximum atomic E-state index is 10.5. The highest BCUT2D eigenvalue weighted by Gasteiger charge is 1.92. The van der Waals surface area contributed by atoms with Gasteiger partial charge in [-0.15, -0.1) is 0 Å². The maximum absolute atomic E-state index is 10.5. The van der Waals surface area contributed by atoms with Gasteiger partial charge in [-0.3, -0.25) is 4.79 Å². The first-order valence-corrected chi connectivity index (χ1v) is 8.93. The third-order valence-corrected chi connectivity index (χ3v) is 3.39. The first kappa shape index (κ1) is 20.9. The predicted molar refractivity (Wildman–Crippen MR) is 99.3 cm³/mol. The van der Waals surface area contributed by atoms with Crippen molar-refractivity contribution >= 4 is 16.8 Å². The van der Waals surface area contributed by atoms with E-state index in [1.807, 2.05) is 0 Å². The van der Waals surface area contributed by atoms with Crippen molar-refractivity contribution in [3.05, 3.63) is 48.6 Å². The summed E-state index contributed by atoms with van der Waals surface area (Å²) in [5, 5.41) is -0.240. The Morgan fingerprint density at radius 1 is 0.727 bits per heavy atom. The molecular weight excluding hydrogens is 292 g/mol. The standard InChI is InChI=1S/C20H31ClO/c1-2-3-4-5-6-7-8-9-10-11-12-13-14-15-16-17-18-19-20(21)22/h6-7,9-10,12-13,15-16H,2-5,8,11,14,17-19H2,1H3/b7-6+,10-9+,13-12-,16-15-. The smallest absolute Gasteiger partial charge is 0.221 e. The molecule has 124 valence electrons. The van der Waals surface area contributed by atoms with Gasteiger partial charge in [-0.2, -0.15) is 0 Å². The summed E-state index contributed by atoms with van der Waals surface area (Å²) in [6.07, 6.45) is 28.0. The third-order valence-electron chi connectivity index (χ3n) is 3.20. The molecule has 0 fully saturated rings. The Kier molecular flexibility index (Phi) is 17.1. The minimum atomic E-state index is -0.240. The van der Waals surface area contributed by atoms with Crippen LogP contribution in [0, 0.1) is 0 Å². The van der Waals surface area contributed by atoms with Crippen LogP contribution in [0.2, 0.25) is 0 Å². The summed E-state index contributed by atoms with van der Waals surface area (Å²) in [6.45, 7) is 2.24. The van der Waals surface area contributed by atoms with Gasteiger partial charge in [0.2, 0.25) is 5.24 Å². The molecule has 0 aliphatic carbocycles. The zero-order chi connectivity index (χ0) is 16.3. The number of carbonyl (C=O) groups is 1. The summed E-state index contributed by atoms with van der Waals surface area (Å²) < 4.78 is 0. The summed E-state index contributed by atoms with van der Waals surface area (Å²) in [7, 11) is 0. The summed E-state index contributed by atoms with van der Waals surface area (Å²) in [4.78, 5) is 10.5. The van der Waals surface area contributed by atoms with Gasteiger partial charge in [-0.25, -0.2) is 0 Å². The van der Waals surface area contributed by atoms with E-state index in [0.717, 1.165) is 32.1 Å².